The highest BCUT2D eigenvalue weighted by atomic mass is 35.5. The van der Waals surface area contributed by atoms with Crippen LogP contribution in [0.4, 0.5) is 0 Å². The minimum Gasteiger partial charge on any atom is -0.379 e. The molecule has 0 spiro atoms. The van der Waals surface area contributed by atoms with Crippen LogP contribution in [-0.2, 0) is 10.2 Å². The molecule has 1 saturated heterocycles. The standard InChI is InChI=1S/C13H15ClN2OS/c1-16(2)6-13(7-17-8-13)12-15-10-5-9(14)3-4-11(10)18-12/h3-5H,6-8H2,1-2H3. The van der Waals surface area contributed by atoms with Crippen molar-refractivity contribution in [2.24, 2.45) is 0 Å². The van der Waals surface area contributed by atoms with Gasteiger partial charge in [0.2, 0.25) is 0 Å². The summed E-state index contributed by atoms with van der Waals surface area (Å²) >= 11 is 7.76. The molecule has 2 heterocycles. The topological polar surface area (TPSA) is 25.4 Å². The maximum absolute atomic E-state index is 6.01. The SMILES string of the molecule is CN(C)CC1(c2nc3cc(Cl)ccc3s2)COC1. The van der Waals surface area contributed by atoms with Crippen LogP contribution in [-0.4, -0.2) is 43.7 Å². The van der Waals surface area contributed by atoms with Crippen molar-refractivity contribution in [2.75, 3.05) is 33.9 Å². The number of likely N-dealkylation sites (N-methyl/N-ethyl adjacent to an activating group) is 1. The van der Waals surface area contributed by atoms with Gasteiger partial charge in [0.25, 0.3) is 0 Å². The first-order chi connectivity index (χ1) is 8.59. The Kier molecular flexibility index (Phi) is 3.06. The highest BCUT2D eigenvalue weighted by molar-refractivity contribution is 7.18. The second-order valence-electron chi connectivity index (χ2n) is 5.14. The van der Waals surface area contributed by atoms with Crippen LogP contribution in [0.15, 0.2) is 18.2 Å². The second-order valence-corrected chi connectivity index (χ2v) is 6.61. The Bertz CT molecular complexity index is 577. The highest BCUT2D eigenvalue weighted by Gasteiger charge is 2.43. The number of benzene rings is 1. The summed E-state index contributed by atoms with van der Waals surface area (Å²) in [4.78, 5) is 6.94. The first-order valence-corrected chi connectivity index (χ1v) is 7.08. The molecule has 3 rings (SSSR count). The number of ether oxygens (including phenoxy) is 1. The first-order valence-electron chi connectivity index (χ1n) is 5.88. The normalized spacial score (nSPS) is 18.2. The van der Waals surface area contributed by atoms with E-state index in [-0.39, 0.29) is 5.41 Å². The van der Waals surface area contributed by atoms with Gasteiger partial charge in [-0.05, 0) is 32.3 Å². The average Bonchev–Trinajstić information content (AvgIpc) is 2.65. The molecule has 1 aliphatic heterocycles. The van der Waals surface area contributed by atoms with E-state index < -0.39 is 0 Å². The quantitative estimate of drug-likeness (QED) is 0.866. The molecule has 1 aromatic heterocycles. The molecule has 2 aromatic rings. The third kappa shape index (κ3) is 2.03. The van der Waals surface area contributed by atoms with Crippen LogP contribution in [0.3, 0.4) is 0 Å². The van der Waals surface area contributed by atoms with Crippen molar-refractivity contribution in [3.05, 3.63) is 28.2 Å². The van der Waals surface area contributed by atoms with E-state index in [0.29, 0.717) is 0 Å². The van der Waals surface area contributed by atoms with Gasteiger partial charge in [0.05, 0.1) is 28.8 Å². The van der Waals surface area contributed by atoms with Crippen molar-refractivity contribution in [3.8, 4) is 0 Å². The number of fused-ring (bicyclic) bond motifs is 1. The van der Waals surface area contributed by atoms with Crippen molar-refractivity contribution in [1.82, 2.24) is 9.88 Å². The molecule has 3 nitrogen and oxygen atoms in total. The lowest BCUT2D eigenvalue weighted by Gasteiger charge is -2.41. The monoisotopic (exact) mass is 282 g/mol. The maximum atomic E-state index is 6.01. The predicted molar refractivity (Wildman–Crippen MR) is 75.7 cm³/mol. The fourth-order valence-electron chi connectivity index (χ4n) is 2.36. The van der Waals surface area contributed by atoms with E-state index in [1.807, 2.05) is 18.2 Å². The Morgan fingerprint density at radius 3 is 2.83 bits per heavy atom. The van der Waals surface area contributed by atoms with E-state index in [0.717, 1.165) is 30.3 Å². The molecule has 1 aromatic carbocycles. The highest BCUT2D eigenvalue weighted by Crippen LogP contribution is 2.38. The van der Waals surface area contributed by atoms with Gasteiger partial charge in [-0.1, -0.05) is 11.6 Å². The summed E-state index contributed by atoms with van der Waals surface area (Å²) in [6, 6.07) is 5.89. The van der Waals surface area contributed by atoms with Crippen LogP contribution in [0.5, 0.6) is 0 Å². The third-order valence-electron chi connectivity index (χ3n) is 3.18. The molecular formula is C13H15ClN2OS. The molecule has 1 aliphatic rings. The van der Waals surface area contributed by atoms with E-state index in [1.165, 1.54) is 9.71 Å². The Hall–Kier alpha value is -0.680. The summed E-state index contributed by atoms with van der Waals surface area (Å²) in [6.07, 6.45) is 0. The van der Waals surface area contributed by atoms with Crippen LogP contribution in [0.25, 0.3) is 10.2 Å². The van der Waals surface area contributed by atoms with Gasteiger partial charge in [0.15, 0.2) is 0 Å². The average molecular weight is 283 g/mol. The smallest absolute Gasteiger partial charge is 0.106 e. The number of hydrogen-bond donors (Lipinski definition) is 0. The summed E-state index contributed by atoms with van der Waals surface area (Å²) in [5.41, 5.74) is 1.06. The number of nitrogens with zero attached hydrogens (tertiary/aromatic N) is 2. The van der Waals surface area contributed by atoms with Gasteiger partial charge in [0, 0.05) is 11.6 Å². The number of hydrogen-bond acceptors (Lipinski definition) is 4. The molecule has 0 aliphatic carbocycles. The molecule has 0 unspecified atom stereocenters. The van der Waals surface area contributed by atoms with E-state index in [2.05, 4.69) is 19.0 Å². The van der Waals surface area contributed by atoms with Crippen molar-refractivity contribution < 1.29 is 4.74 Å². The number of rotatable bonds is 3. The zero-order valence-corrected chi connectivity index (χ0v) is 12.0. The molecule has 18 heavy (non-hydrogen) atoms. The van der Waals surface area contributed by atoms with Crippen molar-refractivity contribution in [3.63, 3.8) is 0 Å². The Morgan fingerprint density at radius 2 is 2.22 bits per heavy atom. The molecule has 5 heteroatoms. The molecular weight excluding hydrogens is 268 g/mol. The molecule has 0 saturated carbocycles. The van der Waals surface area contributed by atoms with E-state index in [1.54, 1.807) is 11.3 Å². The zero-order valence-electron chi connectivity index (χ0n) is 10.4. The van der Waals surface area contributed by atoms with Gasteiger partial charge in [-0.2, -0.15) is 0 Å². The van der Waals surface area contributed by atoms with E-state index in [9.17, 15) is 0 Å². The first kappa shape index (κ1) is 12.4. The zero-order chi connectivity index (χ0) is 12.8. The van der Waals surface area contributed by atoms with Crippen molar-refractivity contribution in [2.45, 2.75) is 5.41 Å². The summed E-state index contributed by atoms with van der Waals surface area (Å²) < 4.78 is 6.62. The third-order valence-corrected chi connectivity index (χ3v) is 4.70. The molecule has 0 atom stereocenters. The number of halogens is 1. The molecule has 0 bridgehead atoms. The predicted octanol–water partition coefficient (Wildman–Crippen LogP) is 2.78. The minimum absolute atomic E-state index is 0.0691. The maximum Gasteiger partial charge on any atom is 0.106 e. The van der Waals surface area contributed by atoms with Gasteiger partial charge in [-0.25, -0.2) is 4.98 Å². The van der Waals surface area contributed by atoms with Gasteiger partial charge in [-0.3, -0.25) is 0 Å². The van der Waals surface area contributed by atoms with Crippen LogP contribution in [0.1, 0.15) is 5.01 Å². The Morgan fingerprint density at radius 1 is 1.44 bits per heavy atom. The lowest BCUT2D eigenvalue weighted by atomic mass is 9.86. The van der Waals surface area contributed by atoms with Crippen LogP contribution < -0.4 is 0 Å². The largest absolute Gasteiger partial charge is 0.379 e. The Balaban J connectivity index is 2.02. The van der Waals surface area contributed by atoms with Crippen molar-refractivity contribution in [1.29, 1.82) is 0 Å². The lowest BCUT2D eigenvalue weighted by molar-refractivity contribution is -0.0698. The van der Waals surface area contributed by atoms with Crippen LogP contribution in [0, 0.1) is 0 Å². The van der Waals surface area contributed by atoms with Crippen molar-refractivity contribution >= 4 is 33.2 Å². The summed E-state index contributed by atoms with van der Waals surface area (Å²) in [6.45, 7) is 2.50. The molecule has 0 amide bonds. The van der Waals surface area contributed by atoms with Gasteiger partial charge < -0.3 is 9.64 Å². The van der Waals surface area contributed by atoms with Crippen LogP contribution in [0.2, 0.25) is 5.02 Å². The molecule has 1 fully saturated rings. The number of thiazole rings is 1. The summed E-state index contributed by atoms with van der Waals surface area (Å²) in [5.74, 6) is 0. The minimum atomic E-state index is 0.0691. The Labute approximate surface area is 115 Å². The van der Waals surface area contributed by atoms with Gasteiger partial charge >= 0.3 is 0 Å². The molecule has 96 valence electrons. The second kappa shape index (κ2) is 4.46. The summed E-state index contributed by atoms with van der Waals surface area (Å²) in [7, 11) is 4.18. The fourth-order valence-corrected chi connectivity index (χ4v) is 3.63. The fraction of sp³-hybridized carbons (Fsp3) is 0.462. The lowest BCUT2D eigenvalue weighted by Crippen LogP contribution is -2.53. The van der Waals surface area contributed by atoms with Gasteiger partial charge in [0.1, 0.15) is 5.01 Å². The van der Waals surface area contributed by atoms with Crippen LogP contribution >= 0.6 is 22.9 Å². The molecule has 0 radical (unpaired) electrons. The number of aromatic nitrogens is 1. The summed E-state index contributed by atoms with van der Waals surface area (Å²) in [5, 5.41) is 1.91. The van der Waals surface area contributed by atoms with Gasteiger partial charge in [-0.15, -0.1) is 11.3 Å². The molecule has 0 N–H and O–H groups in total. The van der Waals surface area contributed by atoms with E-state index >= 15 is 0 Å². The van der Waals surface area contributed by atoms with E-state index in [4.69, 9.17) is 21.3 Å².